The molecule has 3 saturated carbocycles. The van der Waals surface area contributed by atoms with Gasteiger partial charge in [-0.15, -0.1) is 0 Å². The summed E-state index contributed by atoms with van der Waals surface area (Å²) in [6.07, 6.45) is 11.5. The smallest absolute Gasteiger partial charge is 0.312 e. The zero-order chi connectivity index (χ0) is 26.8. The summed E-state index contributed by atoms with van der Waals surface area (Å²) in [7, 11) is 1.52. The number of aromatic nitrogens is 1. The Bertz CT molecular complexity index is 1210. The van der Waals surface area contributed by atoms with Crippen LogP contribution in [0.5, 0.6) is 0 Å². The molecule has 0 amide bonds. The lowest BCUT2D eigenvalue weighted by Crippen LogP contribution is -2.66. The zero-order valence-corrected chi connectivity index (χ0v) is 24.1. The van der Waals surface area contributed by atoms with Gasteiger partial charge >= 0.3 is 5.97 Å². The van der Waals surface area contributed by atoms with Crippen molar-refractivity contribution in [2.24, 2.45) is 44.8 Å². The van der Waals surface area contributed by atoms with Crippen LogP contribution in [0.3, 0.4) is 0 Å². The summed E-state index contributed by atoms with van der Waals surface area (Å²) >= 11 is 0. The number of esters is 1. The maximum absolute atomic E-state index is 14.5. The van der Waals surface area contributed by atoms with E-state index in [2.05, 4.69) is 59.7 Å². The van der Waals surface area contributed by atoms with E-state index < -0.39 is 5.41 Å². The van der Waals surface area contributed by atoms with E-state index in [-0.39, 0.29) is 50.7 Å². The number of ether oxygens (including phenoxy) is 1. The van der Waals surface area contributed by atoms with Crippen molar-refractivity contribution in [2.45, 2.75) is 105 Å². The van der Waals surface area contributed by atoms with Crippen molar-refractivity contribution in [3.05, 3.63) is 29.2 Å². The van der Waals surface area contributed by atoms with Gasteiger partial charge in [-0.05, 0) is 90.9 Å². The first kappa shape index (κ1) is 25.4. The maximum atomic E-state index is 14.5. The lowest BCUT2D eigenvalue weighted by molar-refractivity contribution is -0.191. The highest BCUT2D eigenvalue weighted by Crippen LogP contribution is 2.74. The Hall–Kier alpha value is -1.91. The van der Waals surface area contributed by atoms with Gasteiger partial charge in [0.2, 0.25) is 0 Å². The topological polar surface area (TPSA) is 69.4 Å². The summed E-state index contributed by atoms with van der Waals surface area (Å²) in [6.45, 7) is 16.5. The summed E-state index contributed by atoms with van der Waals surface area (Å²) in [5.41, 5.74) is 1.59. The summed E-state index contributed by atoms with van der Waals surface area (Å²) in [5.74, 6) is 1.46. The van der Waals surface area contributed by atoms with Gasteiger partial charge in [0.1, 0.15) is 5.76 Å². The standard InChI is InChI=1S/C32H45NO4/c1-27(2)11-13-32(26(35)36-8)14-12-31(7)24(20(32)17-27)21(34)15-23-29(5)16-19-18-33-37-25(19)28(3,4)22(29)9-10-30(23,31)6/h15,18,20,22,24H,9-14,16-17H2,1-8H3/t20-,22-,24+,29+,30-,31-,32+/m1/s1. The van der Waals surface area contributed by atoms with E-state index in [1.165, 1.54) is 18.2 Å². The van der Waals surface area contributed by atoms with E-state index in [9.17, 15) is 9.59 Å². The van der Waals surface area contributed by atoms with E-state index in [1.807, 2.05) is 6.20 Å². The number of hydrogen-bond acceptors (Lipinski definition) is 5. The Morgan fingerprint density at radius 2 is 1.73 bits per heavy atom. The van der Waals surface area contributed by atoms with Gasteiger partial charge in [0.15, 0.2) is 5.78 Å². The van der Waals surface area contributed by atoms with Crippen LogP contribution >= 0.6 is 0 Å². The lowest BCUT2D eigenvalue weighted by Gasteiger charge is -2.69. The predicted molar refractivity (Wildman–Crippen MR) is 142 cm³/mol. The Kier molecular flexibility index (Phi) is 5.06. The Labute approximate surface area is 222 Å². The van der Waals surface area contributed by atoms with Crippen LogP contribution in [0, 0.1) is 44.8 Å². The van der Waals surface area contributed by atoms with Crippen LogP contribution in [-0.2, 0) is 26.2 Å². The number of hydrogen-bond donors (Lipinski definition) is 0. The monoisotopic (exact) mass is 507 g/mol. The molecule has 5 heteroatoms. The van der Waals surface area contributed by atoms with Crippen LogP contribution in [-0.4, -0.2) is 24.0 Å². The first-order chi connectivity index (χ1) is 17.2. The first-order valence-electron chi connectivity index (χ1n) is 14.5. The molecule has 0 saturated heterocycles. The molecule has 0 unspecified atom stereocenters. The van der Waals surface area contributed by atoms with E-state index >= 15 is 0 Å². The molecule has 5 nitrogen and oxygen atoms in total. The highest BCUT2D eigenvalue weighted by molar-refractivity contribution is 5.96. The second-order valence-electron chi connectivity index (χ2n) is 15.4. The molecule has 5 aliphatic carbocycles. The van der Waals surface area contributed by atoms with Crippen LogP contribution < -0.4 is 0 Å². The largest absolute Gasteiger partial charge is 0.469 e. The molecule has 1 aromatic heterocycles. The minimum absolute atomic E-state index is 0.0302. The fourth-order valence-electron chi connectivity index (χ4n) is 10.9. The number of methoxy groups -OCH3 is 1. The van der Waals surface area contributed by atoms with Gasteiger partial charge in [-0.3, -0.25) is 9.59 Å². The molecule has 0 spiro atoms. The van der Waals surface area contributed by atoms with Crippen molar-refractivity contribution < 1.29 is 18.8 Å². The van der Waals surface area contributed by atoms with Crippen molar-refractivity contribution in [1.29, 1.82) is 0 Å². The summed E-state index contributed by atoms with van der Waals surface area (Å²) in [6, 6.07) is 0. The van der Waals surface area contributed by atoms with Gasteiger partial charge in [0.05, 0.1) is 18.7 Å². The Balaban J connectivity index is 1.51. The second kappa shape index (κ2) is 7.39. The van der Waals surface area contributed by atoms with Crippen LogP contribution in [0.25, 0.3) is 0 Å². The van der Waals surface area contributed by atoms with Gasteiger partial charge in [0, 0.05) is 16.9 Å². The van der Waals surface area contributed by atoms with Crippen molar-refractivity contribution >= 4 is 11.8 Å². The van der Waals surface area contributed by atoms with E-state index in [0.29, 0.717) is 5.92 Å². The maximum Gasteiger partial charge on any atom is 0.312 e. The molecule has 0 aromatic carbocycles. The highest BCUT2D eigenvalue weighted by Gasteiger charge is 2.71. The molecule has 0 bridgehead atoms. The van der Waals surface area contributed by atoms with Gasteiger partial charge < -0.3 is 9.26 Å². The molecule has 3 fully saturated rings. The molecule has 7 atom stereocenters. The van der Waals surface area contributed by atoms with E-state index in [0.717, 1.165) is 57.1 Å². The van der Waals surface area contributed by atoms with E-state index in [1.54, 1.807) is 0 Å². The third-order valence-electron chi connectivity index (χ3n) is 12.9. The fraction of sp³-hybridized carbons (Fsp3) is 0.781. The molecule has 37 heavy (non-hydrogen) atoms. The van der Waals surface area contributed by atoms with Crippen molar-refractivity contribution in [2.75, 3.05) is 7.11 Å². The molecule has 0 aliphatic heterocycles. The number of carbonyl (C=O) groups excluding carboxylic acids is 2. The summed E-state index contributed by atoms with van der Waals surface area (Å²) < 4.78 is 11.2. The van der Waals surface area contributed by atoms with Gasteiger partial charge in [0.25, 0.3) is 0 Å². The molecular weight excluding hydrogens is 462 g/mol. The Morgan fingerprint density at radius 1 is 1.03 bits per heavy atom. The third kappa shape index (κ3) is 2.95. The molecule has 0 N–H and O–H groups in total. The normalized spacial score (nSPS) is 45.4. The number of carbonyl (C=O) groups is 2. The van der Waals surface area contributed by atoms with Gasteiger partial charge in [-0.1, -0.05) is 59.2 Å². The lowest BCUT2D eigenvalue weighted by atomic mass is 9.34. The quantitative estimate of drug-likeness (QED) is 0.389. The van der Waals surface area contributed by atoms with Crippen LogP contribution in [0.4, 0.5) is 0 Å². The fourth-order valence-corrected chi connectivity index (χ4v) is 10.9. The molecule has 1 heterocycles. The van der Waals surface area contributed by atoms with Crippen LogP contribution in [0.1, 0.15) is 105 Å². The molecule has 202 valence electrons. The minimum Gasteiger partial charge on any atom is -0.469 e. The molecule has 0 radical (unpaired) electrons. The summed E-state index contributed by atoms with van der Waals surface area (Å²) in [4.78, 5) is 27.9. The number of ketones is 1. The van der Waals surface area contributed by atoms with Gasteiger partial charge in [-0.2, -0.15) is 0 Å². The average molecular weight is 508 g/mol. The summed E-state index contributed by atoms with van der Waals surface area (Å²) in [5, 5.41) is 4.19. The molecule has 1 aromatic rings. The van der Waals surface area contributed by atoms with Crippen molar-refractivity contribution in [3.63, 3.8) is 0 Å². The van der Waals surface area contributed by atoms with E-state index in [4.69, 9.17) is 9.26 Å². The molecular formula is C32H45NO4. The molecule has 5 aliphatic rings. The number of rotatable bonds is 1. The van der Waals surface area contributed by atoms with Crippen LogP contribution in [0.15, 0.2) is 22.4 Å². The minimum atomic E-state index is -0.531. The number of allylic oxidation sites excluding steroid dienone is 2. The molecule has 6 rings (SSSR count). The predicted octanol–water partition coefficient (Wildman–Crippen LogP) is 6.84. The highest BCUT2D eigenvalue weighted by atomic mass is 16.5. The SMILES string of the molecule is COC(=O)[C@]12CCC(C)(C)C[C@@H]1[C@H]1C(=O)C=C3[C@@]4(C)Cc5cnoc5C(C)(C)[C@H]4CC[C@@]3(C)[C@]1(C)CC2. The second-order valence-corrected chi connectivity index (χ2v) is 15.4. The van der Waals surface area contributed by atoms with Crippen molar-refractivity contribution in [1.82, 2.24) is 5.16 Å². The Morgan fingerprint density at radius 3 is 2.43 bits per heavy atom. The first-order valence-corrected chi connectivity index (χ1v) is 14.5. The van der Waals surface area contributed by atoms with Gasteiger partial charge in [-0.25, -0.2) is 0 Å². The van der Waals surface area contributed by atoms with Crippen LogP contribution in [0.2, 0.25) is 0 Å². The number of fused-ring (bicyclic) bond motifs is 8. The van der Waals surface area contributed by atoms with Crippen molar-refractivity contribution in [3.8, 4) is 0 Å². The zero-order valence-electron chi connectivity index (χ0n) is 24.1. The third-order valence-corrected chi connectivity index (χ3v) is 12.9. The average Bonchev–Trinajstić information content (AvgIpc) is 3.28. The number of nitrogens with zero attached hydrogens (tertiary/aromatic N) is 1.